The van der Waals surface area contributed by atoms with E-state index in [-0.39, 0.29) is 11.5 Å². The molecule has 1 N–H and O–H groups in total. The van der Waals surface area contributed by atoms with Gasteiger partial charge in [-0.1, -0.05) is 45.0 Å². The van der Waals surface area contributed by atoms with Gasteiger partial charge in [-0.2, -0.15) is 0 Å². The molecule has 1 saturated heterocycles. The fourth-order valence-electron chi connectivity index (χ4n) is 2.64. The molecule has 0 spiro atoms. The molecular weight excluding hydrogens is 266 g/mol. The molecule has 2 unspecified atom stereocenters. The highest BCUT2D eigenvalue weighted by Crippen LogP contribution is 2.27. The summed E-state index contributed by atoms with van der Waals surface area (Å²) in [5.41, 5.74) is 2.67. The number of carbonyl (C=O) groups is 1. The van der Waals surface area contributed by atoms with Gasteiger partial charge in [0.1, 0.15) is 0 Å². The Kier molecular flexibility index (Phi) is 4.69. The fourth-order valence-corrected chi connectivity index (χ4v) is 2.64. The normalized spacial score (nSPS) is 22.0. The number of rotatable bonds is 3. The van der Waals surface area contributed by atoms with Gasteiger partial charge in [-0.25, -0.2) is 4.79 Å². The van der Waals surface area contributed by atoms with Gasteiger partial charge >= 0.3 is 5.97 Å². The van der Waals surface area contributed by atoms with Crippen molar-refractivity contribution in [1.82, 2.24) is 4.90 Å². The SMILES string of the molecule is CC(c1ccc(C(C)(C)C)cc1)N1CCOC(C(=O)O)C1. The molecule has 21 heavy (non-hydrogen) atoms. The van der Waals surface area contributed by atoms with Crippen molar-refractivity contribution in [2.75, 3.05) is 19.7 Å². The molecule has 0 radical (unpaired) electrons. The number of carboxylic acids is 1. The summed E-state index contributed by atoms with van der Waals surface area (Å²) >= 11 is 0. The molecule has 1 heterocycles. The molecule has 0 saturated carbocycles. The Morgan fingerprint density at radius 1 is 1.33 bits per heavy atom. The molecular formula is C17H25NO3. The molecule has 4 heteroatoms. The number of nitrogens with zero attached hydrogens (tertiary/aromatic N) is 1. The van der Waals surface area contributed by atoms with Gasteiger partial charge in [0.2, 0.25) is 0 Å². The van der Waals surface area contributed by atoms with E-state index in [1.54, 1.807) is 0 Å². The lowest BCUT2D eigenvalue weighted by Gasteiger charge is -2.35. The van der Waals surface area contributed by atoms with E-state index in [9.17, 15) is 4.79 Å². The average molecular weight is 291 g/mol. The van der Waals surface area contributed by atoms with Crippen LogP contribution in [-0.2, 0) is 14.9 Å². The van der Waals surface area contributed by atoms with Crippen LogP contribution in [-0.4, -0.2) is 41.8 Å². The van der Waals surface area contributed by atoms with Crippen LogP contribution in [0.1, 0.15) is 44.9 Å². The first-order chi connectivity index (χ1) is 9.79. The Morgan fingerprint density at radius 3 is 2.48 bits per heavy atom. The summed E-state index contributed by atoms with van der Waals surface area (Å²) in [4.78, 5) is 13.2. The highest BCUT2D eigenvalue weighted by atomic mass is 16.5. The maximum atomic E-state index is 11.1. The van der Waals surface area contributed by atoms with Crippen molar-refractivity contribution in [3.05, 3.63) is 35.4 Å². The minimum Gasteiger partial charge on any atom is -0.479 e. The Morgan fingerprint density at radius 2 is 1.95 bits per heavy atom. The summed E-state index contributed by atoms with van der Waals surface area (Å²) in [6, 6.07) is 8.83. The lowest BCUT2D eigenvalue weighted by atomic mass is 9.86. The van der Waals surface area contributed by atoms with Gasteiger partial charge in [0.25, 0.3) is 0 Å². The molecule has 1 aliphatic rings. The van der Waals surface area contributed by atoms with Gasteiger partial charge in [0.15, 0.2) is 6.10 Å². The van der Waals surface area contributed by atoms with Crippen LogP contribution < -0.4 is 0 Å². The van der Waals surface area contributed by atoms with Gasteiger partial charge in [-0.3, -0.25) is 4.90 Å². The van der Waals surface area contributed by atoms with Crippen LogP contribution in [0.4, 0.5) is 0 Å². The molecule has 0 amide bonds. The van der Waals surface area contributed by atoms with Crippen LogP contribution in [0.3, 0.4) is 0 Å². The first kappa shape index (κ1) is 16.0. The van der Waals surface area contributed by atoms with Gasteiger partial charge < -0.3 is 9.84 Å². The molecule has 1 aromatic rings. The predicted molar refractivity (Wildman–Crippen MR) is 82.5 cm³/mol. The average Bonchev–Trinajstić information content (AvgIpc) is 2.46. The van der Waals surface area contributed by atoms with Crippen molar-refractivity contribution in [2.45, 2.75) is 45.3 Å². The maximum Gasteiger partial charge on any atom is 0.334 e. The van der Waals surface area contributed by atoms with E-state index in [1.807, 2.05) is 0 Å². The molecule has 0 aliphatic carbocycles. The van der Waals surface area contributed by atoms with E-state index in [1.165, 1.54) is 11.1 Å². The minimum atomic E-state index is -0.880. The zero-order chi connectivity index (χ0) is 15.6. The number of hydrogen-bond acceptors (Lipinski definition) is 3. The summed E-state index contributed by atoms with van der Waals surface area (Å²) in [5.74, 6) is -0.880. The van der Waals surface area contributed by atoms with Gasteiger partial charge in [-0.15, -0.1) is 0 Å². The molecule has 2 rings (SSSR count). The lowest BCUT2D eigenvalue weighted by molar-refractivity contribution is -0.157. The monoisotopic (exact) mass is 291 g/mol. The third-order valence-corrected chi connectivity index (χ3v) is 4.18. The first-order valence-electron chi connectivity index (χ1n) is 7.48. The predicted octanol–water partition coefficient (Wildman–Crippen LogP) is 2.83. The quantitative estimate of drug-likeness (QED) is 0.930. The molecule has 0 bridgehead atoms. The Hall–Kier alpha value is -1.39. The molecule has 1 fully saturated rings. The second kappa shape index (κ2) is 6.16. The molecule has 4 nitrogen and oxygen atoms in total. The number of carboxylic acid groups (broad SMARTS) is 1. The topological polar surface area (TPSA) is 49.8 Å². The van der Waals surface area contributed by atoms with E-state index in [4.69, 9.17) is 9.84 Å². The summed E-state index contributed by atoms with van der Waals surface area (Å²) in [7, 11) is 0. The standard InChI is InChI=1S/C17H25NO3/c1-12(18-9-10-21-15(11-18)16(19)20)13-5-7-14(8-6-13)17(2,3)4/h5-8,12,15H,9-11H2,1-4H3,(H,19,20). The smallest absolute Gasteiger partial charge is 0.334 e. The third kappa shape index (κ3) is 3.83. The number of aliphatic carboxylic acids is 1. The molecule has 2 atom stereocenters. The summed E-state index contributed by atoms with van der Waals surface area (Å²) in [5, 5.41) is 9.08. The van der Waals surface area contributed by atoms with Gasteiger partial charge in [-0.05, 0) is 23.5 Å². The van der Waals surface area contributed by atoms with Crippen LogP contribution in [0.2, 0.25) is 0 Å². The maximum absolute atomic E-state index is 11.1. The van der Waals surface area contributed by atoms with Crippen LogP contribution in [0.15, 0.2) is 24.3 Å². The highest BCUT2D eigenvalue weighted by molar-refractivity contribution is 5.72. The Bertz CT molecular complexity index is 490. The van der Waals surface area contributed by atoms with Gasteiger partial charge in [0, 0.05) is 19.1 Å². The Balaban J connectivity index is 2.09. The lowest BCUT2D eigenvalue weighted by Crippen LogP contribution is -2.46. The van der Waals surface area contributed by atoms with E-state index >= 15 is 0 Å². The van der Waals surface area contributed by atoms with Crippen molar-refractivity contribution in [2.24, 2.45) is 0 Å². The number of hydrogen-bond donors (Lipinski definition) is 1. The zero-order valence-electron chi connectivity index (χ0n) is 13.3. The van der Waals surface area contributed by atoms with Crippen molar-refractivity contribution >= 4 is 5.97 Å². The Labute approximate surface area is 126 Å². The summed E-state index contributed by atoms with van der Waals surface area (Å²) < 4.78 is 5.28. The summed E-state index contributed by atoms with van der Waals surface area (Å²) in [6.07, 6.45) is -0.713. The van der Waals surface area contributed by atoms with Crippen molar-refractivity contribution < 1.29 is 14.6 Å². The van der Waals surface area contributed by atoms with Crippen LogP contribution in [0.25, 0.3) is 0 Å². The van der Waals surface area contributed by atoms with E-state index < -0.39 is 12.1 Å². The molecule has 1 aliphatic heterocycles. The zero-order valence-corrected chi connectivity index (χ0v) is 13.3. The molecule has 0 aromatic heterocycles. The fraction of sp³-hybridized carbons (Fsp3) is 0.588. The molecule has 1 aromatic carbocycles. The van der Waals surface area contributed by atoms with Crippen LogP contribution in [0.5, 0.6) is 0 Å². The number of ether oxygens (including phenoxy) is 1. The third-order valence-electron chi connectivity index (χ3n) is 4.18. The van der Waals surface area contributed by atoms with E-state index in [0.29, 0.717) is 13.2 Å². The van der Waals surface area contributed by atoms with Crippen LogP contribution >= 0.6 is 0 Å². The molecule has 116 valence electrons. The number of morpholine rings is 1. The summed E-state index contributed by atoms with van der Waals surface area (Å²) in [6.45, 7) is 10.4. The van der Waals surface area contributed by atoms with Crippen LogP contribution in [0, 0.1) is 0 Å². The minimum absolute atomic E-state index is 0.148. The van der Waals surface area contributed by atoms with E-state index in [0.717, 1.165) is 6.54 Å². The number of benzene rings is 1. The first-order valence-corrected chi connectivity index (χ1v) is 7.48. The van der Waals surface area contributed by atoms with Gasteiger partial charge in [0.05, 0.1) is 6.61 Å². The largest absolute Gasteiger partial charge is 0.479 e. The van der Waals surface area contributed by atoms with Crippen molar-refractivity contribution in [1.29, 1.82) is 0 Å². The van der Waals surface area contributed by atoms with Crippen molar-refractivity contribution in [3.63, 3.8) is 0 Å². The second-order valence-corrected chi connectivity index (χ2v) is 6.74. The highest BCUT2D eigenvalue weighted by Gasteiger charge is 2.29. The van der Waals surface area contributed by atoms with E-state index in [2.05, 4.69) is 56.9 Å². The van der Waals surface area contributed by atoms with Crippen molar-refractivity contribution in [3.8, 4) is 0 Å². The second-order valence-electron chi connectivity index (χ2n) is 6.74.